The molecule has 150 valence electrons. The zero-order valence-electron chi connectivity index (χ0n) is 17.2. The van der Waals surface area contributed by atoms with Crippen LogP contribution in [0.25, 0.3) is 11.5 Å². The highest BCUT2D eigenvalue weighted by atomic mass is 16.3. The Morgan fingerprint density at radius 1 is 1.36 bits per heavy atom. The number of furan rings is 1. The fourth-order valence-electron chi connectivity index (χ4n) is 4.49. The first-order valence-electron chi connectivity index (χ1n) is 10.2. The highest BCUT2D eigenvalue weighted by Crippen LogP contribution is 2.41. The van der Waals surface area contributed by atoms with Crippen molar-refractivity contribution in [3.63, 3.8) is 0 Å². The van der Waals surface area contributed by atoms with Crippen molar-refractivity contribution < 1.29 is 9.21 Å². The Morgan fingerprint density at radius 3 is 2.82 bits per heavy atom. The standard InChI is InChI=1S/C22H30N4O2/c1-14-24-18(11-19(25-14)20-6-5-9-28-20)17-13-26-8-7-15(17)10-16(26)12-23-21(27)22(2,3)4/h5-6,9,11,15-17H,7-8,10,12-13H2,1-4H3,(H,23,27)/t15-,16+,17-/m0/s1. The molecule has 1 unspecified atom stereocenters. The summed E-state index contributed by atoms with van der Waals surface area (Å²) >= 11 is 0. The topological polar surface area (TPSA) is 71.3 Å². The number of fused-ring (bicyclic) bond motifs is 3. The maximum absolute atomic E-state index is 12.2. The Labute approximate surface area is 166 Å². The second-order valence-corrected chi connectivity index (χ2v) is 9.20. The van der Waals surface area contributed by atoms with Gasteiger partial charge < -0.3 is 9.73 Å². The number of aromatic nitrogens is 2. The molecule has 5 rings (SSSR count). The van der Waals surface area contributed by atoms with Crippen LogP contribution in [0.15, 0.2) is 28.9 Å². The number of rotatable bonds is 4. The Morgan fingerprint density at radius 2 is 2.18 bits per heavy atom. The fraction of sp³-hybridized carbons (Fsp3) is 0.591. The predicted octanol–water partition coefficient (Wildman–Crippen LogP) is 3.39. The molecule has 0 radical (unpaired) electrons. The lowest BCUT2D eigenvalue weighted by Crippen LogP contribution is -2.56. The Bertz CT molecular complexity index is 841. The van der Waals surface area contributed by atoms with Crippen molar-refractivity contribution in [1.29, 1.82) is 0 Å². The normalized spacial score (nSPS) is 27.0. The smallest absolute Gasteiger partial charge is 0.225 e. The van der Waals surface area contributed by atoms with Gasteiger partial charge in [-0.15, -0.1) is 0 Å². The molecule has 3 fully saturated rings. The highest BCUT2D eigenvalue weighted by molar-refractivity contribution is 5.81. The van der Waals surface area contributed by atoms with Gasteiger partial charge in [0.1, 0.15) is 11.5 Å². The van der Waals surface area contributed by atoms with Gasteiger partial charge in [-0.25, -0.2) is 9.97 Å². The monoisotopic (exact) mass is 382 g/mol. The van der Waals surface area contributed by atoms with Gasteiger partial charge in [0, 0.05) is 36.2 Å². The maximum atomic E-state index is 12.2. The van der Waals surface area contributed by atoms with Crippen molar-refractivity contribution >= 4 is 5.91 Å². The molecule has 5 heterocycles. The summed E-state index contributed by atoms with van der Waals surface area (Å²) in [5.74, 6) is 2.71. The summed E-state index contributed by atoms with van der Waals surface area (Å²) in [6.07, 6.45) is 3.97. The quantitative estimate of drug-likeness (QED) is 0.878. The number of hydrogen-bond acceptors (Lipinski definition) is 5. The Balaban J connectivity index is 1.47. The van der Waals surface area contributed by atoms with E-state index in [1.165, 1.54) is 6.42 Å². The molecular formula is C22H30N4O2. The first-order valence-corrected chi connectivity index (χ1v) is 10.2. The lowest BCUT2D eigenvalue weighted by atomic mass is 9.74. The molecule has 6 heteroatoms. The van der Waals surface area contributed by atoms with Crippen LogP contribution in [0.2, 0.25) is 0 Å². The van der Waals surface area contributed by atoms with Gasteiger partial charge in [-0.1, -0.05) is 20.8 Å². The summed E-state index contributed by atoms with van der Waals surface area (Å²) in [7, 11) is 0. The van der Waals surface area contributed by atoms with E-state index in [1.807, 2.05) is 39.8 Å². The van der Waals surface area contributed by atoms with Crippen LogP contribution >= 0.6 is 0 Å². The molecule has 4 atom stereocenters. The summed E-state index contributed by atoms with van der Waals surface area (Å²) in [6.45, 7) is 10.7. The summed E-state index contributed by atoms with van der Waals surface area (Å²) in [5, 5.41) is 3.15. The van der Waals surface area contributed by atoms with Gasteiger partial charge in [0.05, 0.1) is 6.26 Å². The van der Waals surface area contributed by atoms with Gasteiger partial charge in [0.2, 0.25) is 5.91 Å². The van der Waals surface area contributed by atoms with Gasteiger partial charge in [-0.2, -0.15) is 0 Å². The largest absolute Gasteiger partial charge is 0.463 e. The van der Waals surface area contributed by atoms with Crippen molar-refractivity contribution in [3.8, 4) is 11.5 Å². The second kappa shape index (κ2) is 7.32. The SMILES string of the molecule is Cc1nc(-c2ccco2)cc([C@H]2CN3CC[C@H]2C[C@@H]3CNC(=O)C(C)(C)C)n1. The molecule has 2 aromatic rings. The molecule has 2 bridgehead atoms. The van der Waals surface area contributed by atoms with Crippen LogP contribution in [0.1, 0.15) is 51.0 Å². The van der Waals surface area contributed by atoms with E-state index < -0.39 is 0 Å². The molecule has 0 spiro atoms. The van der Waals surface area contributed by atoms with Crippen molar-refractivity contribution in [2.75, 3.05) is 19.6 Å². The molecule has 0 aromatic carbocycles. The van der Waals surface area contributed by atoms with E-state index in [-0.39, 0.29) is 11.3 Å². The number of aryl methyl sites for hydroxylation is 1. The Hall–Kier alpha value is -2.21. The van der Waals surface area contributed by atoms with Crippen molar-refractivity contribution in [3.05, 3.63) is 36.0 Å². The van der Waals surface area contributed by atoms with Crippen molar-refractivity contribution in [2.24, 2.45) is 11.3 Å². The maximum Gasteiger partial charge on any atom is 0.225 e. The zero-order chi connectivity index (χ0) is 19.9. The number of amides is 1. The number of carbonyl (C=O) groups excluding carboxylic acids is 1. The first kappa shape index (κ1) is 19.1. The van der Waals surface area contributed by atoms with Gasteiger partial charge in [-0.3, -0.25) is 9.69 Å². The average molecular weight is 383 g/mol. The van der Waals surface area contributed by atoms with Gasteiger partial charge in [-0.05, 0) is 50.4 Å². The Kier molecular flexibility index (Phi) is 5.00. The minimum atomic E-state index is -0.341. The molecule has 3 aliphatic rings. The van der Waals surface area contributed by atoms with Crippen molar-refractivity contribution in [2.45, 2.75) is 52.5 Å². The summed E-state index contributed by atoms with van der Waals surface area (Å²) < 4.78 is 5.54. The number of nitrogens with zero attached hydrogens (tertiary/aromatic N) is 3. The fourth-order valence-corrected chi connectivity index (χ4v) is 4.49. The van der Waals surface area contributed by atoms with Crippen LogP contribution in [0, 0.1) is 18.3 Å². The van der Waals surface area contributed by atoms with Crippen LogP contribution < -0.4 is 5.32 Å². The summed E-state index contributed by atoms with van der Waals surface area (Å²) in [4.78, 5) is 24.1. The minimum Gasteiger partial charge on any atom is -0.463 e. The third-order valence-corrected chi connectivity index (χ3v) is 6.07. The van der Waals surface area contributed by atoms with E-state index in [0.717, 1.165) is 49.0 Å². The van der Waals surface area contributed by atoms with E-state index >= 15 is 0 Å². The molecule has 3 aliphatic heterocycles. The number of piperidine rings is 3. The zero-order valence-corrected chi connectivity index (χ0v) is 17.2. The molecule has 1 N–H and O–H groups in total. The highest BCUT2D eigenvalue weighted by Gasteiger charge is 2.41. The molecular weight excluding hydrogens is 352 g/mol. The molecule has 1 amide bonds. The third-order valence-electron chi connectivity index (χ3n) is 6.07. The van der Waals surface area contributed by atoms with Crippen LogP contribution in [-0.4, -0.2) is 46.5 Å². The first-order chi connectivity index (χ1) is 13.3. The van der Waals surface area contributed by atoms with E-state index in [9.17, 15) is 4.79 Å². The molecule has 2 aromatic heterocycles. The number of nitrogens with one attached hydrogen (secondary N) is 1. The second-order valence-electron chi connectivity index (χ2n) is 9.20. The summed E-state index contributed by atoms with van der Waals surface area (Å²) in [6, 6.07) is 6.34. The lowest BCUT2D eigenvalue weighted by Gasteiger charge is -2.50. The van der Waals surface area contributed by atoms with E-state index in [0.29, 0.717) is 17.9 Å². The van der Waals surface area contributed by atoms with E-state index in [2.05, 4.69) is 21.3 Å². The third kappa shape index (κ3) is 3.83. The van der Waals surface area contributed by atoms with Gasteiger partial charge in [0.15, 0.2) is 5.76 Å². The van der Waals surface area contributed by atoms with Crippen LogP contribution in [0.5, 0.6) is 0 Å². The van der Waals surface area contributed by atoms with Gasteiger partial charge >= 0.3 is 0 Å². The van der Waals surface area contributed by atoms with Crippen LogP contribution in [0.3, 0.4) is 0 Å². The minimum absolute atomic E-state index is 0.126. The molecule has 0 saturated carbocycles. The number of hydrogen-bond donors (Lipinski definition) is 1. The lowest BCUT2D eigenvalue weighted by molar-refractivity contribution is -0.129. The molecule has 28 heavy (non-hydrogen) atoms. The van der Waals surface area contributed by atoms with Crippen molar-refractivity contribution in [1.82, 2.24) is 20.2 Å². The van der Waals surface area contributed by atoms with Crippen LogP contribution in [0.4, 0.5) is 0 Å². The predicted molar refractivity (Wildman–Crippen MR) is 108 cm³/mol. The van der Waals surface area contributed by atoms with Gasteiger partial charge in [0.25, 0.3) is 0 Å². The molecule has 0 aliphatic carbocycles. The number of carbonyl (C=O) groups is 1. The molecule has 6 nitrogen and oxygen atoms in total. The summed E-state index contributed by atoms with van der Waals surface area (Å²) in [5.41, 5.74) is 1.63. The van der Waals surface area contributed by atoms with Crippen LogP contribution in [-0.2, 0) is 4.79 Å². The average Bonchev–Trinajstić information content (AvgIpc) is 3.20. The molecule has 3 saturated heterocycles. The van der Waals surface area contributed by atoms with E-state index in [4.69, 9.17) is 9.40 Å². The van der Waals surface area contributed by atoms with E-state index in [1.54, 1.807) is 6.26 Å².